The van der Waals surface area contributed by atoms with Gasteiger partial charge in [-0.2, -0.15) is 0 Å². The first-order valence-corrected chi connectivity index (χ1v) is 8.40. The number of carbonyl (C=O) groups excluding carboxylic acids is 1. The topological polar surface area (TPSA) is 60.4 Å². The van der Waals surface area contributed by atoms with E-state index in [0.717, 1.165) is 15.6 Å². The van der Waals surface area contributed by atoms with Crippen LogP contribution in [-0.4, -0.2) is 27.2 Å². The third-order valence-electron chi connectivity index (χ3n) is 2.72. The van der Waals surface area contributed by atoms with Gasteiger partial charge in [0, 0.05) is 4.47 Å². The van der Waals surface area contributed by atoms with Crippen molar-refractivity contribution in [2.45, 2.75) is 19.6 Å². The summed E-state index contributed by atoms with van der Waals surface area (Å²) in [5, 5.41) is 0. The van der Waals surface area contributed by atoms with E-state index in [4.69, 9.17) is 0 Å². The zero-order valence-electron chi connectivity index (χ0n) is 11.1. The number of hydrogen-bond acceptors (Lipinski definition) is 4. The van der Waals surface area contributed by atoms with Gasteiger partial charge in [0.25, 0.3) is 0 Å². The first-order chi connectivity index (χ1) is 8.75. The Morgan fingerprint density at radius 1 is 1.42 bits per heavy atom. The molecule has 4 nitrogen and oxygen atoms in total. The van der Waals surface area contributed by atoms with Crippen molar-refractivity contribution in [3.8, 4) is 0 Å². The Bertz CT molecular complexity index is 566. The Kier molecular flexibility index (Phi) is 5.55. The monoisotopic (exact) mass is 348 g/mol. The van der Waals surface area contributed by atoms with Gasteiger partial charge in [0.05, 0.1) is 24.5 Å². The van der Waals surface area contributed by atoms with Gasteiger partial charge in [0.15, 0.2) is 9.84 Å². The van der Waals surface area contributed by atoms with E-state index in [2.05, 4.69) is 20.7 Å². The molecule has 0 heterocycles. The van der Waals surface area contributed by atoms with E-state index in [1.54, 1.807) is 13.0 Å². The van der Waals surface area contributed by atoms with Crippen LogP contribution >= 0.6 is 15.9 Å². The molecule has 6 heteroatoms. The minimum Gasteiger partial charge on any atom is -0.469 e. The summed E-state index contributed by atoms with van der Waals surface area (Å²) in [7, 11) is -2.08. The standard InChI is InChI=1S/C13H17BrO4S/c1-9-6-11(4-5-12(9)14)8-19(16,17)7-10(2)13(15)18-3/h4-6,10H,7-8H2,1-3H3. The molecule has 0 aliphatic heterocycles. The molecule has 0 N–H and O–H groups in total. The van der Waals surface area contributed by atoms with Crippen LogP contribution in [0.1, 0.15) is 18.1 Å². The number of sulfone groups is 1. The fourth-order valence-electron chi connectivity index (χ4n) is 1.76. The van der Waals surface area contributed by atoms with E-state index in [1.165, 1.54) is 7.11 Å². The van der Waals surface area contributed by atoms with E-state index >= 15 is 0 Å². The van der Waals surface area contributed by atoms with Gasteiger partial charge in [-0.3, -0.25) is 4.79 Å². The van der Waals surface area contributed by atoms with Gasteiger partial charge in [-0.05, 0) is 24.1 Å². The summed E-state index contributed by atoms with van der Waals surface area (Å²) >= 11 is 3.37. The number of benzene rings is 1. The highest BCUT2D eigenvalue weighted by atomic mass is 79.9. The highest BCUT2D eigenvalue weighted by molar-refractivity contribution is 9.10. The van der Waals surface area contributed by atoms with Crippen LogP contribution < -0.4 is 0 Å². The van der Waals surface area contributed by atoms with Gasteiger partial charge >= 0.3 is 5.97 Å². The number of hydrogen-bond donors (Lipinski definition) is 0. The molecule has 0 saturated carbocycles. The number of methoxy groups -OCH3 is 1. The smallest absolute Gasteiger partial charge is 0.309 e. The van der Waals surface area contributed by atoms with Crippen LogP contribution in [0.3, 0.4) is 0 Å². The van der Waals surface area contributed by atoms with Crippen molar-refractivity contribution in [1.82, 2.24) is 0 Å². The molecule has 1 atom stereocenters. The lowest BCUT2D eigenvalue weighted by atomic mass is 10.2. The van der Waals surface area contributed by atoms with Gasteiger partial charge in [0.2, 0.25) is 0 Å². The molecule has 19 heavy (non-hydrogen) atoms. The highest BCUT2D eigenvalue weighted by Gasteiger charge is 2.22. The summed E-state index contributed by atoms with van der Waals surface area (Å²) in [5.74, 6) is -1.42. The third-order valence-corrected chi connectivity index (χ3v) is 5.39. The van der Waals surface area contributed by atoms with Crippen LogP contribution in [0.4, 0.5) is 0 Å². The molecule has 106 valence electrons. The molecule has 1 rings (SSSR count). The Morgan fingerprint density at radius 2 is 2.05 bits per heavy atom. The first-order valence-electron chi connectivity index (χ1n) is 5.78. The summed E-state index contributed by atoms with van der Waals surface area (Å²) in [6.07, 6.45) is 0. The number of rotatable bonds is 5. The van der Waals surface area contributed by atoms with Gasteiger partial charge in [0.1, 0.15) is 0 Å². The largest absolute Gasteiger partial charge is 0.469 e. The second-order valence-electron chi connectivity index (χ2n) is 4.56. The molecule has 1 aromatic rings. The van der Waals surface area contributed by atoms with E-state index in [1.807, 2.05) is 19.1 Å². The molecule has 0 saturated heterocycles. The maximum Gasteiger partial charge on any atom is 0.309 e. The molecular weight excluding hydrogens is 332 g/mol. The van der Waals surface area contributed by atoms with Crippen molar-refractivity contribution in [3.63, 3.8) is 0 Å². The van der Waals surface area contributed by atoms with Crippen molar-refractivity contribution in [2.24, 2.45) is 5.92 Å². The number of aryl methyl sites for hydroxylation is 1. The minimum absolute atomic E-state index is 0.0670. The average molecular weight is 349 g/mol. The summed E-state index contributed by atoms with van der Waals surface area (Å²) in [5.41, 5.74) is 1.70. The predicted octanol–water partition coefficient (Wildman–Crippen LogP) is 2.48. The summed E-state index contributed by atoms with van der Waals surface area (Å²) < 4.78 is 29.5. The molecule has 0 fully saturated rings. The van der Waals surface area contributed by atoms with Crippen LogP contribution in [0.5, 0.6) is 0 Å². The zero-order chi connectivity index (χ0) is 14.6. The van der Waals surface area contributed by atoms with Crippen LogP contribution in [0, 0.1) is 12.8 Å². The number of ether oxygens (including phenoxy) is 1. The lowest BCUT2D eigenvalue weighted by Crippen LogP contribution is -2.23. The number of halogens is 1. The Balaban J connectivity index is 2.79. The lowest BCUT2D eigenvalue weighted by Gasteiger charge is -2.10. The summed E-state index contributed by atoms with van der Waals surface area (Å²) in [6, 6.07) is 5.41. The van der Waals surface area contributed by atoms with Crippen molar-refractivity contribution in [1.29, 1.82) is 0 Å². The van der Waals surface area contributed by atoms with E-state index in [9.17, 15) is 13.2 Å². The maximum absolute atomic E-state index is 12.0. The van der Waals surface area contributed by atoms with Crippen LogP contribution in [0.15, 0.2) is 22.7 Å². The van der Waals surface area contributed by atoms with Crippen LogP contribution in [0.2, 0.25) is 0 Å². The molecule has 1 unspecified atom stereocenters. The minimum atomic E-state index is -3.33. The normalized spacial score (nSPS) is 13.1. The second-order valence-corrected chi connectivity index (χ2v) is 7.53. The van der Waals surface area contributed by atoms with Crippen LogP contribution in [0.25, 0.3) is 0 Å². The molecule has 0 spiro atoms. The average Bonchev–Trinajstić information content (AvgIpc) is 2.31. The maximum atomic E-state index is 12.0. The van der Waals surface area contributed by atoms with Gasteiger partial charge in [-0.25, -0.2) is 8.42 Å². The van der Waals surface area contributed by atoms with E-state index < -0.39 is 21.7 Å². The molecule has 0 radical (unpaired) electrons. The fourth-order valence-corrected chi connectivity index (χ4v) is 3.71. The highest BCUT2D eigenvalue weighted by Crippen LogP contribution is 2.19. The predicted molar refractivity (Wildman–Crippen MR) is 77.5 cm³/mol. The molecule has 0 aliphatic rings. The van der Waals surface area contributed by atoms with Gasteiger partial charge < -0.3 is 4.74 Å². The van der Waals surface area contributed by atoms with Crippen molar-refractivity contribution in [2.75, 3.05) is 12.9 Å². The van der Waals surface area contributed by atoms with Gasteiger partial charge in [-0.1, -0.05) is 35.0 Å². The number of carbonyl (C=O) groups is 1. The van der Waals surface area contributed by atoms with Crippen LogP contribution in [-0.2, 0) is 25.1 Å². The molecule has 0 aliphatic carbocycles. The quantitative estimate of drug-likeness (QED) is 0.767. The first kappa shape index (κ1) is 16.2. The zero-order valence-corrected chi connectivity index (χ0v) is 13.5. The number of esters is 1. The Hall–Kier alpha value is -0.880. The Labute approximate surface area is 122 Å². The molecule has 0 amide bonds. The van der Waals surface area contributed by atoms with Gasteiger partial charge in [-0.15, -0.1) is 0 Å². The second kappa shape index (κ2) is 6.52. The molecule has 0 aromatic heterocycles. The summed E-state index contributed by atoms with van der Waals surface area (Å²) in [4.78, 5) is 11.2. The molecule has 0 bridgehead atoms. The van der Waals surface area contributed by atoms with E-state index in [0.29, 0.717) is 0 Å². The van der Waals surface area contributed by atoms with Crippen molar-refractivity contribution < 1.29 is 17.9 Å². The SMILES string of the molecule is COC(=O)C(C)CS(=O)(=O)Cc1ccc(Br)c(C)c1. The molecule has 1 aromatic carbocycles. The molecular formula is C13H17BrO4S. The third kappa shape index (κ3) is 4.95. The fraction of sp³-hybridized carbons (Fsp3) is 0.462. The van der Waals surface area contributed by atoms with Crippen molar-refractivity contribution >= 4 is 31.7 Å². The Morgan fingerprint density at radius 3 is 2.58 bits per heavy atom. The van der Waals surface area contributed by atoms with E-state index in [-0.39, 0.29) is 11.5 Å². The van der Waals surface area contributed by atoms with Crippen molar-refractivity contribution in [3.05, 3.63) is 33.8 Å². The summed E-state index contributed by atoms with van der Waals surface area (Å²) in [6.45, 7) is 3.45. The lowest BCUT2D eigenvalue weighted by molar-refractivity contribution is -0.144.